The minimum atomic E-state index is -0.133. The van der Waals surface area contributed by atoms with Crippen LogP contribution in [0.1, 0.15) is 56.3 Å². The van der Waals surface area contributed by atoms with Gasteiger partial charge in [-0.15, -0.1) is 0 Å². The van der Waals surface area contributed by atoms with Gasteiger partial charge in [0.2, 0.25) is 5.88 Å². The van der Waals surface area contributed by atoms with Crippen molar-refractivity contribution < 1.29 is 4.42 Å². The van der Waals surface area contributed by atoms with Crippen molar-refractivity contribution in [2.45, 2.75) is 53.5 Å². The summed E-state index contributed by atoms with van der Waals surface area (Å²) in [6.45, 7) is 12.3. The maximum absolute atomic E-state index is 13.5. The Balaban J connectivity index is 1.71. The van der Waals surface area contributed by atoms with E-state index in [-0.39, 0.29) is 16.9 Å². The zero-order valence-corrected chi connectivity index (χ0v) is 20.6. The van der Waals surface area contributed by atoms with Gasteiger partial charge in [0.1, 0.15) is 5.58 Å². The smallest absolute Gasteiger partial charge is 0.202 e. The SMILES string of the molecule is Cc1cc(C(C)n2ccc(=O)c3ccccc32)c2oc(N3CCC(C)(C)CC3)c(C)c(=O)c2c1. The number of para-hydroxylation sites is 1. The van der Waals surface area contributed by atoms with Crippen LogP contribution < -0.4 is 15.8 Å². The standard InChI is InChI=1S/C29H32N2O3/c1-18-16-22(20(3)31-13-10-25(32)21-8-6-7-9-24(21)31)27-23(17-18)26(33)19(2)28(34-27)30-14-11-29(4,5)12-15-30/h6-10,13,16-17,20H,11-12,14-15H2,1-5H3. The van der Waals surface area contributed by atoms with E-state index in [9.17, 15) is 9.59 Å². The largest absolute Gasteiger partial charge is 0.440 e. The fourth-order valence-electron chi connectivity index (χ4n) is 5.20. The van der Waals surface area contributed by atoms with Crippen LogP contribution in [0.25, 0.3) is 21.9 Å². The summed E-state index contributed by atoms with van der Waals surface area (Å²) in [4.78, 5) is 28.2. The molecular weight excluding hydrogens is 424 g/mol. The van der Waals surface area contributed by atoms with E-state index in [1.54, 1.807) is 6.07 Å². The zero-order chi connectivity index (χ0) is 24.2. The summed E-state index contributed by atoms with van der Waals surface area (Å²) in [5.74, 6) is 0.690. The lowest BCUT2D eigenvalue weighted by molar-refractivity contribution is 0.274. The Morgan fingerprint density at radius 3 is 2.41 bits per heavy atom. The molecule has 1 fully saturated rings. The van der Waals surface area contributed by atoms with Crippen LogP contribution in [0.2, 0.25) is 0 Å². The fourth-order valence-corrected chi connectivity index (χ4v) is 5.20. The minimum absolute atomic E-state index is 0.00520. The van der Waals surface area contributed by atoms with Crippen molar-refractivity contribution in [2.24, 2.45) is 5.41 Å². The first kappa shape index (κ1) is 22.5. The highest BCUT2D eigenvalue weighted by molar-refractivity contribution is 5.84. The molecule has 5 heteroatoms. The molecule has 34 heavy (non-hydrogen) atoms. The van der Waals surface area contributed by atoms with Crippen LogP contribution in [0.5, 0.6) is 0 Å². The summed E-state index contributed by atoms with van der Waals surface area (Å²) >= 11 is 0. The Bertz CT molecular complexity index is 1520. The molecule has 0 spiro atoms. The van der Waals surface area contributed by atoms with Gasteiger partial charge in [-0.1, -0.05) is 32.0 Å². The molecule has 4 aromatic rings. The number of hydrogen-bond donors (Lipinski definition) is 0. The molecule has 0 bridgehead atoms. The molecule has 5 rings (SSSR count). The second-order valence-corrected chi connectivity index (χ2v) is 10.5. The predicted octanol–water partition coefficient (Wildman–Crippen LogP) is 5.96. The van der Waals surface area contributed by atoms with E-state index in [0.29, 0.717) is 33.2 Å². The van der Waals surface area contributed by atoms with Gasteiger partial charge >= 0.3 is 0 Å². The van der Waals surface area contributed by atoms with Gasteiger partial charge in [0.05, 0.1) is 22.5 Å². The summed E-state index contributed by atoms with van der Waals surface area (Å²) < 4.78 is 8.69. The van der Waals surface area contributed by atoms with E-state index in [1.165, 1.54) is 0 Å². The second-order valence-electron chi connectivity index (χ2n) is 10.5. The van der Waals surface area contributed by atoms with Gasteiger partial charge in [0, 0.05) is 36.3 Å². The molecule has 1 aliphatic heterocycles. The number of benzene rings is 2. The molecule has 0 amide bonds. The highest BCUT2D eigenvalue weighted by Gasteiger charge is 2.29. The van der Waals surface area contributed by atoms with E-state index < -0.39 is 0 Å². The highest BCUT2D eigenvalue weighted by Crippen LogP contribution is 2.36. The van der Waals surface area contributed by atoms with Crippen molar-refractivity contribution in [2.75, 3.05) is 18.0 Å². The van der Waals surface area contributed by atoms with Gasteiger partial charge in [0.25, 0.3) is 0 Å². The number of nitrogens with zero attached hydrogens (tertiary/aromatic N) is 2. The number of fused-ring (bicyclic) bond motifs is 2. The van der Waals surface area contributed by atoms with Crippen LogP contribution in [-0.4, -0.2) is 17.7 Å². The molecule has 0 N–H and O–H groups in total. The highest BCUT2D eigenvalue weighted by atomic mass is 16.4. The molecule has 3 heterocycles. The lowest BCUT2D eigenvalue weighted by Crippen LogP contribution is -2.38. The molecule has 2 aromatic carbocycles. The number of anilines is 1. The van der Waals surface area contributed by atoms with E-state index in [0.717, 1.165) is 42.6 Å². The molecule has 1 atom stereocenters. The van der Waals surface area contributed by atoms with Crippen molar-refractivity contribution in [3.05, 3.63) is 85.8 Å². The number of pyridine rings is 1. The number of aryl methyl sites for hydroxylation is 1. The number of hydrogen-bond acceptors (Lipinski definition) is 4. The van der Waals surface area contributed by atoms with Crippen molar-refractivity contribution in [3.63, 3.8) is 0 Å². The lowest BCUT2D eigenvalue weighted by Gasteiger charge is -2.37. The molecular formula is C29H32N2O3. The first-order valence-electron chi connectivity index (χ1n) is 12.1. The van der Waals surface area contributed by atoms with Gasteiger partial charge in [0.15, 0.2) is 10.9 Å². The predicted molar refractivity (Wildman–Crippen MR) is 139 cm³/mol. The Labute approximate surface area is 199 Å². The monoisotopic (exact) mass is 456 g/mol. The molecule has 5 nitrogen and oxygen atoms in total. The molecule has 1 unspecified atom stereocenters. The number of rotatable bonds is 3. The van der Waals surface area contributed by atoms with Crippen LogP contribution in [0, 0.1) is 19.3 Å². The summed E-state index contributed by atoms with van der Waals surface area (Å²) in [5, 5.41) is 1.30. The number of aromatic nitrogens is 1. The van der Waals surface area contributed by atoms with Gasteiger partial charge in [-0.25, -0.2) is 0 Å². The average Bonchev–Trinajstić information content (AvgIpc) is 2.81. The third kappa shape index (κ3) is 3.73. The maximum atomic E-state index is 13.5. The third-order valence-corrected chi connectivity index (χ3v) is 7.47. The second kappa shape index (κ2) is 8.15. The van der Waals surface area contributed by atoms with Crippen LogP contribution in [0.4, 0.5) is 5.88 Å². The normalized spacial score (nSPS) is 16.8. The Morgan fingerprint density at radius 1 is 0.971 bits per heavy atom. The third-order valence-electron chi connectivity index (χ3n) is 7.47. The summed E-state index contributed by atoms with van der Waals surface area (Å²) in [6.07, 6.45) is 3.97. The van der Waals surface area contributed by atoms with Crippen molar-refractivity contribution in [1.29, 1.82) is 0 Å². The van der Waals surface area contributed by atoms with E-state index >= 15 is 0 Å². The molecule has 176 valence electrons. The van der Waals surface area contributed by atoms with Crippen LogP contribution in [0.3, 0.4) is 0 Å². The molecule has 0 aliphatic carbocycles. The lowest BCUT2D eigenvalue weighted by atomic mass is 9.82. The first-order chi connectivity index (χ1) is 16.2. The first-order valence-corrected chi connectivity index (χ1v) is 12.1. The number of piperidine rings is 1. The van der Waals surface area contributed by atoms with Crippen molar-refractivity contribution >= 4 is 27.8 Å². The molecule has 2 aromatic heterocycles. The van der Waals surface area contributed by atoms with E-state index in [2.05, 4.69) is 36.3 Å². The zero-order valence-electron chi connectivity index (χ0n) is 20.6. The van der Waals surface area contributed by atoms with Crippen LogP contribution >= 0.6 is 0 Å². The fraction of sp³-hybridized carbons (Fsp3) is 0.379. The van der Waals surface area contributed by atoms with Gasteiger partial charge in [-0.3, -0.25) is 9.59 Å². The van der Waals surface area contributed by atoms with Crippen LogP contribution in [-0.2, 0) is 0 Å². The summed E-state index contributed by atoms with van der Waals surface area (Å²) in [5.41, 5.74) is 4.47. The molecule has 0 radical (unpaired) electrons. The topological polar surface area (TPSA) is 55.5 Å². The van der Waals surface area contributed by atoms with E-state index in [1.807, 2.05) is 50.4 Å². The van der Waals surface area contributed by atoms with Gasteiger partial charge < -0.3 is 13.9 Å². The maximum Gasteiger partial charge on any atom is 0.202 e. The van der Waals surface area contributed by atoms with Crippen molar-refractivity contribution in [3.8, 4) is 0 Å². The van der Waals surface area contributed by atoms with Crippen LogP contribution in [0.15, 0.2) is 62.7 Å². The summed E-state index contributed by atoms with van der Waals surface area (Å²) in [7, 11) is 0. The molecule has 0 saturated carbocycles. The quantitative estimate of drug-likeness (QED) is 0.382. The Kier molecular flexibility index (Phi) is 5.38. The average molecular weight is 457 g/mol. The summed E-state index contributed by atoms with van der Waals surface area (Å²) in [6, 6.07) is 13.2. The minimum Gasteiger partial charge on any atom is -0.440 e. The van der Waals surface area contributed by atoms with E-state index in [4.69, 9.17) is 4.42 Å². The van der Waals surface area contributed by atoms with Crippen molar-refractivity contribution in [1.82, 2.24) is 4.57 Å². The molecule has 1 aliphatic rings. The van der Waals surface area contributed by atoms with Gasteiger partial charge in [-0.2, -0.15) is 0 Å². The Morgan fingerprint density at radius 2 is 1.68 bits per heavy atom. The molecule has 1 saturated heterocycles. The van der Waals surface area contributed by atoms with Gasteiger partial charge in [-0.05, 0) is 62.8 Å². The Hall–Kier alpha value is -3.34.